The highest BCUT2D eigenvalue weighted by molar-refractivity contribution is 7.18. The van der Waals surface area contributed by atoms with E-state index in [-0.39, 0.29) is 17.9 Å². The molecule has 168 valence electrons. The van der Waals surface area contributed by atoms with Crippen LogP contribution in [0.25, 0.3) is 10.2 Å². The van der Waals surface area contributed by atoms with E-state index in [1.807, 2.05) is 12.1 Å². The zero-order valence-electron chi connectivity index (χ0n) is 18.0. The average molecular weight is 454 g/mol. The van der Waals surface area contributed by atoms with Gasteiger partial charge in [-0.25, -0.2) is 9.97 Å². The molecule has 1 N–H and O–H groups in total. The number of ether oxygens (including phenoxy) is 1. The van der Waals surface area contributed by atoms with Gasteiger partial charge in [0.25, 0.3) is 5.56 Å². The van der Waals surface area contributed by atoms with Crippen LogP contribution in [0.1, 0.15) is 35.3 Å². The average Bonchev–Trinajstić information content (AvgIpc) is 3.22. The third-order valence-corrected chi connectivity index (χ3v) is 7.36. The highest BCUT2D eigenvalue weighted by Gasteiger charge is 2.20. The second-order valence-corrected chi connectivity index (χ2v) is 9.37. The zero-order valence-corrected chi connectivity index (χ0v) is 18.8. The van der Waals surface area contributed by atoms with E-state index in [1.54, 1.807) is 28.4 Å². The van der Waals surface area contributed by atoms with Crippen molar-refractivity contribution >= 4 is 33.3 Å². The number of carbonyl (C=O) groups excluding carboxylic acids is 1. The maximum absolute atomic E-state index is 13.0. The third kappa shape index (κ3) is 4.40. The molecule has 2 aliphatic rings. The first-order valence-electron chi connectivity index (χ1n) is 11.2. The molecule has 0 radical (unpaired) electrons. The Morgan fingerprint density at radius 3 is 2.91 bits per heavy atom. The summed E-state index contributed by atoms with van der Waals surface area (Å²) >= 11 is 1.64. The van der Waals surface area contributed by atoms with Gasteiger partial charge in [-0.15, -0.1) is 11.3 Å². The zero-order chi connectivity index (χ0) is 21.9. The van der Waals surface area contributed by atoms with Gasteiger partial charge in [-0.3, -0.25) is 14.2 Å². The molecule has 1 amide bonds. The van der Waals surface area contributed by atoms with E-state index in [9.17, 15) is 9.59 Å². The molecule has 0 bridgehead atoms. The van der Waals surface area contributed by atoms with Crippen LogP contribution in [0.3, 0.4) is 0 Å². The van der Waals surface area contributed by atoms with Crippen molar-refractivity contribution in [2.24, 2.45) is 0 Å². The number of hydrogen-bond donors (Lipinski definition) is 1. The smallest absolute Gasteiger partial charge is 0.262 e. The van der Waals surface area contributed by atoms with Crippen LogP contribution in [0.2, 0.25) is 0 Å². The van der Waals surface area contributed by atoms with Gasteiger partial charge in [0.15, 0.2) is 0 Å². The molecule has 1 saturated heterocycles. The number of aromatic nitrogens is 3. The normalized spacial score (nSPS) is 16.2. The van der Waals surface area contributed by atoms with Gasteiger partial charge in [-0.1, -0.05) is 0 Å². The Kier molecular flexibility index (Phi) is 6.18. The molecule has 4 heterocycles. The van der Waals surface area contributed by atoms with Gasteiger partial charge < -0.3 is 15.0 Å². The summed E-state index contributed by atoms with van der Waals surface area (Å²) in [6.45, 7) is 3.82. The fourth-order valence-electron chi connectivity index (χ4n) is 4.39. The quantitative estimate of drug-likeness (QED) is 0.616. The number of morpholine rings is 1. The first-order chi connectivity index (χ1) is 15.7. The van der Waals surface area contributed by atoms with Crippen LogP contribution < -0.4 is 15.8 Å². The molecule has 3 aromatic heterocycles. The Morgan fingerprint density at radius 2 is 2.03 bits per heavy atom. The molecule has 1 aliphatic carbocycles. The lowest BCUT2D eigenvalue weighted by molar-refractivity contribution is -0.121. The van der Waals surface area contributed by atoms with Gasteiger partial charge >= 0.3 is 0 Å². The number of hydrogen-bond acceptors (Lipinski definition) is 7. The minimum atomic E-state index is -0.0888. The van der Waals surface area contributed by atoms with Crippen molar-refractivity contribution in [2.45, 2.75) is 45.2 Å². The number of carbonyl (C=O) groups is 1. The molecule has 1 aliphatic heterocycles. The maximum Gasteiger partial charge on any atom is 0.262 e. The highest BCUT2D eigenvalue weighted by Crippen LogP contribution is 2.33. The molecular formula is C23H27N5O3S. The summed E-state index contributed by atoms with van der Waals surface area (Å²) in [7, 11) is 0. The van der Waals surface area contributed by atoms with Crippen LogP contribution >= 0.6 is 11.3 Å². The fourth-order valence-corrected chi connectivity index (χ4v) is 5.61. The Bertz CT molecular complexity index is 1180. The van der Waals surface area contributed by atoms with Gasteiger partial charge in [0.05, 0.1) is 24.9 Å². The van der Waals surface area contributed by atoms with Crippen molar-refractivity contribution in [3.63, 3.8) is 0 Å². The summed E-state index contributed by atoms with van der Waals surface area (Å²) in [6, 6.07) is 3.92. The fraction of sp³-hybridized carbons (Fsp3) is 0.478. The minimum absolute atomic E-state index is 0.0218. The molecule has 9 heteroatoms. The Morgan fingerprint density at radius 1 is 1.19 bits per heavy atom. The van der Waals surface area contributed by atoms with Crippen LogP contribution in [-0.2, 0) is 35.5 Å². The van der Waals surface area contributed by atoms with Crippen LogP contribution in [-0.4, -0.2) is 46.7 Å². The Hall–Kier alpha value is -2.78. The van der Waals surface area contributed by atoms with Gasteiger partial charge in [0.2, 0.25) is 5.91 Å². The molecule has 8 nitrogen and oxygen atoms in total. The number of amides is 1. The molecular weight excluding hydrogens is 426 g/mol. The molecule has 1 fully saturated rings. The summed E-state index contributed by atoms with van der Waals surface area (Å²) in [4.78, 5) is 38.7. The SMILES string of the molecule is O=C(CCn1cnc2sc3c(c2c1=O)CCCC3)NCc1ccnc(N2CCOCC2)c1. The summed E-state index contributed by atoms with van der Waals surface area (Å²) in [5.41, 5.74) is 2.16. The number of fused-ring (bicyclic) bond motifs is 3. The van der Waals surface area contributed by atoms with E-state index < -0.39 is 0 Å². The van der Waals surface area contributed by atoms with E-state index in [0.717, 1.165) is 53.9 Å². The molecule has 3 aromatic rings. The standard InChI is InChI=1S/C23H27N5O3S/c29-20(25-14-16-5-7-24-19(13-16)27-9-11-31-12-10-27)6-8-28-15-26-22-21(23(28)30)17-3-1-2-4-18(17)32-22/h5,7,13,15H,1-4,6,8-12,14H2,(H,25,29). The second kappa shape index (κ2) is 9.38. The first kappa shape index (κ1) is 21.1. The third-order valence-electron chi connectivity index (χ3n) is 6.16. The van der Waals surface area contributed by atoms with Crippen LogP contribution in [0.4, 0.5) is 5.82 Å². The van der Waals surface area contributed by atoms with Crippen molar-refractivity contribution in [3.05, 3.63) is 51.0 Å². The summed E-state index contributed by atoms with van der Waals surface area (Å²) in [5.74, 6) is 0.819. The van der Waals surface area contributed by atoms with Crippen molar-refractivity contribution < 1.29 is 9.53 Å². The lowest BCUT2D eigenvalue weighted by Crippen LogP contribution is -2.36. The van der Waals surface area contributed by atoms with Gasteiger partial charge in [0, 0.05) is 43.7 Å². The van der Waals surface area contributed by atoms with Gasteiger partial charge in [-0.2, -0.15) is 0 Å². The van der Waals surface area contributed by atoms with Gasteiger partial charge in [-0.05, 0) is 48.9 Å². The molecule has 5 rings (SSSR count). The van der Waals surface area contributed by atoms with E-state index >= 15 is 0 Å². The Labute approximate surface area is 190 Å². The van der Waals surface area contributed by atoms with Crippen LogP contribution in [0.15, 0.2) is 29.5 Å². The van der Waals surface area contributed by atoms with E-state index in [4.69, 9.17) is 4.74 Å². The molecule has 32 heavy (non-hydrogen) atoms. The van der Waals surface area contributed by atoms with Crippen molar-refractivity contribution in [3.8, 4) is 0 Å². The summed E-state index contributed by atoms with van der Waals surface area (Å²) in [6.07, 6.45) is 7.89. The molecule has 0 spiro atoms. The molecule has 0 atom stereocenters. The number of pyridine rings is 1. The largest absolute Gasteiger partial charge is 0.378 e. The lowest BCUT2D eigenvalue weighted by Gasteiger charge is -2.28. The molecule has 0 aromatic carbocycles. The van der Waals surface area contributed by atoms with Crippen LogP contribution in [0.5, 0.6) is 0 Å². The number of rotatable bonds is 6. The van der Waals surface area contributed by atoms with E-state index in [0.29, 0.717) is 26.3 Å². The van der Waals surface area contributed by atoms with E-state index in [1.165, 1.54) is 16.9 Å². The first-order valence-corrected chi connectivity index (χ1v) is 12.0. The molecule has 0 unspecified atom stereocenters. The minimum Gasteiger partial charge on any atom is -0.378 e. The second-order valence-electron chi connectivity index (χ2n) is 8.28. The predicted molar refractivity (Wildman–Crippen MR) is 124 cm³/mol. The number of anilines is 1. The number of nitrogens with zero attached hydrogens (tertiary/aromatic N) is 4. The van der Waals surface area contributed by atoms with Crippen molar-refractivity contribution in [1.29, 1.82) is 0 Å². The number of aryl methyl sites for hydroxylation is 3. The Balaban J connectivity index is 1.20. The highest BCUT2D eigenvalue weighted by atomic mass is 32.1. The lowest BCUT2D eigenvalue weighted by atomic mass is 9.97. The van der Waals surface area contributed by atoms with E-state index in [2.05, 4.69) is 20.2 Å². The number of nitrogens with one attached hydrogen (secondary N) is 1. The van der Waals surface area contributed by atoms with Crippen molar-refractivity contribution in [2.75, 3.05) is 31.2 Å². The topological polar surface area (TPSA) is 89.3 Å². The van der Waals surface area contributed by atoms with Crippen LogP contribution in [0, 0.1) is 0 Å². The van der Waals surface area contributed by atoms with Gasteiger partial charge in [0.1, 0.15) is 10.6 Å². The monoisotopic (exact) mass is 453 g/mol. The number of thiophene rings is 1. The maximum atomic E-state index is 13.0. The molecule has 0 saturated carbocycles. The van der Waals surface area contributed by atoms with Crippen molar-refractivity contribution in [1.82, 2.24) is 19.9 Å². The predicted octanol–water partition coefficient (Wildman–Crippen LogP) is 2.27. The summed E-state index contributed by atoms with van der Waals surface area (Å²) in [5, 5.41) is 3.72. The summed E-state index contributed by atoms with van der Waals surface area (Å²) < 4.78 is 6.97.